The zero-order valence-electron chi connectivity index (χ0n) is 11.4. The number of nitrogens with two attached hydrogens (primary N) is 1. The van der Waals surface area contributed by atoms with Crippen LogP contribution < -0.4 is 11.1 Å². The quantitative estimate of drug-likeness (QED) is 0.761. The molecule has 0 aliphatic heterocycles. The maximum Gasteiger partial charge on any atom is 0.148 e. The van der Waals surface area contributed by atoms with Crippen molar-refractivity contribution in [3.63, 3.8) is 0 Å². The van der Waals surface area contributed by atoms with Gasteiger partial charge >= 0.3 is 0 Å². The molecule has 0 saturated heterocycles. The Morgan fingerprint density at radius 2 is 2.06 bits per heavy atom. The Morgan fingerprint density at radius 3 is 2.56 bits per heavy atom. The van der Waals surface area contributed by atoms with Crippen molar-refractivity contribution in [1.29, 1.82) is 0 Å². The number of hydrogen-bond acceptors (Lipinski definition) is 5. The molecule has 0 radical (unpaired) electrons. The van der Waals surface area contributed by atoms with Crippen molar-refractivity contribution in [2.75, 3.05) is 29.6 Å². The molecule has 1 aromatic rings. The molecular formula is C11H22N4O2S. The molecule has 1 heterocycles. The van der Waals surface area contributed by atoms with Crippen molar-refractivity contribution in [3.8, 4) is 0 Å². The van der Waals surface area contributed by atoms with E-state index in [1.54, 1.807) is 0 Å². The van der Waals surface area contributed by atoms with Crippen LogP contribution in [0.5, 0.6) is 0 Å². The van der Waals surface area contributed by atoms with E-state index in [-0.39, 0.29) is 11.8 Å². The molecule has 0 atom stereocenters. The number of hydrogen-bond donors (Lipinski definition) is 2. The Hall–Kier alpha value is -1.24. The van der Waals surface area contributed by atoms with Gasteiger partial charge in [-0.15, -0.1) is 0 Å². The third-order valence-electron chi connectivity index (χ3n) is 2.61. The van der Waals surface area contributed by atoms with Crippen LogP contribution in [-0.4, -0.2) is 36.8 Å². The Morgan fingerprint density at radius 1 is 1.44 bits per heavy atom. The van der Waals surface area contributed by atoms with Gasteiger partial charge in [-0.2, -0.15) is 5.10 Å². The number of nitrogen functional groups attached to an aromatic ring is 1. The van der Waals surface area contributed by atoms with Gasteiger partial charge in [-0.3, -0.25) is 0 Å². The number of nitrogens with zero attached hydrogens (tertiary/aromatic N) is 2. The first kappa shape index (κ1) is 14.8. The Bertz CT molecular complexity index is 505. The average molecular weight is 274 g/mol. The summed E-state index contributed by atoms with van der Waals surface area (Å²) >= 11 is 0. The van der Waals surface area contributed by atoms with Crippen LogP contribution in [-0.2, 0) is 9.84 Å². The zero-order chi connectivity index (χ0) is 13.9. The van der Waals surface area contributed by atoms with E-state index in [1.165, 1.54) is 6.26 Å². The fourth-order valence-electron chi connectivity index (χ4n) is 1.65. The number of rotatable bonds is 6. The normalized spacial score (nSPS) is 12.1. The van der Waals surface area contributed by atoms with Crippen LogP contribution >= 0.6 is 0 Å². The van der Waals surface area contributed by atoms with Crippen LogP contribution in [0.4, 0.5) is 11.5 Å². The minimum atomic E-state index is -2.90. The summed E-state index contributed by atoms with van der Waals surface area (Å²) in [6.07, 6.45) is 1.80. The fraction of sp³-hybridized carbons (Fsp3) is 0.727. The molecule has 0 aromatic carbocycles. The van der Waals surface area contributed by atoms with Crippen molar-refractivity contribution in [2.45, 2.75) is 33.2 Å². The van der Waals surface area contributed by atoms with Crippen LogP contribution in [0, 0.1) is 6.92 Å². The Kier molecular flexibility index (Phi) is 4.61. The molecule has 0 aliphatic carbocycles. The van der Waals surface area contributed by atoms with Gasteiger partial charge in [-0.25, -0.2) is 13.1 Å². The summed E-state index contributed by atoms with van der Waals surface area (Å²) in [6.45, 7) is 6.46. The van der Waals surface area contributed by atoms with Gasteiger partial charge in [0.05, 0.1) is 17.1 Å². The maximum atomic E-state index is 11.0. The minimum Gasteiger partial charge on any atom is -0.394 e. The molecule has 104 valence electrons. The van der Waals surface area contributed by atoms with Crippen molar-refractivity contribution in [2.24, 2.45) is 0 Å². The standard InChI is InChI=1S/C11H22N4O2S/c1-8(2)15-11(10(12)9(3)14-15)13-6-5-7-18(4,16)17/h8,13H,5-7,12H2,1-4H3. The third kappa shape index (κ3) is 3.90. The van der Waals surface area contributed by atoms with Crippen molar-refractivity contribution in [3.05, 3.63) is 5.69 Å². The molecule has 0 bridgehead atoms. The highest BCUT2D eigenvalue weighted by atomic mass is 32.2. The van der Waals surface area contributed by atoms with Crippen LogP contribution in [0.1, 0.15) is 32.0 Å². The van der Waals surface area contributed by atoms with Gasteiger partial charge in [-0.05, 0) is 27.2 Å². The van der Waals surface area contributed by atoms with Gasteiger partial charge < -0.3 is 11.1 Å². The van der Waals surface area contributed by atoms with Crippen LogP contribution in [0.3, 0.4) is 0 Å². The first-order valence-electron chi connectivity index (χ1n) is 5.98. The molecule has 0 spiro atoms. The summed E-state index contributed by atoms with van der Waals surface area (Å²) in [7, 11) is -2.90. The fourth-order valence-corrected chi connectivity index (χ4v) is 2.32. The average Bonchev–Trinajstić information content (AvgIpc) is 2.50. The van der Waals surface area contributed by atoms with E-state index in [0.717, 1.165) is 11.5 Å². The highest BCUT2D eigenvalue weighted by Crippen LogP contribution is 2.25. The summed E-state index contributed by atoms with van der Waals surface area (Å²) in [5, 5.41) is 7.52. The smallest absolute Gasteiger partial charge is 0.148 e. The molecule has 1 rings (SSSR count). The SMILES string of the molecule is Cc1nn(C(C)C)c(NCCCS(C)(=O)=O)c1N. The van der Waals surface area contributed by atoms with Gasteiger partial charge in [0.2, 0.25) is 0 Å². The monoisotopic (exact) mass is 274 g/mol. The maximum absolute atomic E-state index is 11.0. The van der Waals surface area contributed by atoms with E-state index < -0.39 is 9.84 Å². The Balaban J connectivity index is 2.67. The number of sulfone groups is 1. The predicted octanol–water partition coefficient (Wildman–Crippen LogP) is 1.20. The lowest BCUT2D eigenvalue weighted by Gasteiger charge is -2.13. The van der Waals surface area contributed by atoms with Crippen molar-refractivity contribution < 1.29 is 8.42 Å². The summed E-state index contributed by atoms with van der Waals surface area (Å²) in [5.74, 6) is 0.949. The van der Waals surface area contributed by atoms with Gasteiger partial charge in [0.25, 0.3) is 0 Å². The lowest BCUT2D eigenvalue weighted by molar-refractivity contribution is 0.534. The molecule has 7 heteroatoms. The van der Waals surface area contributed by atoms with Gasteiger partial charge in [0.15, 0.2) is 0 Å². The number of aromatic nitrogens is 2. The molecule has 0 saturated carbocycles. The van der Waals surface area contributed by atoms with Gasteiger partial charge in [0.1, 0.15) is 15.7 Å². The van der Waals surface area contributed by atoms with E-state index >= 15 is 0 Å². The van der Waals surface area contributed by atoms with Crippen molar-refractivity contribution in [1.82, 2.24) is 9.78 Å². The van der Waals surface area contributed by atoms with Gasteiger partial charge in [-0.1, -0.05) is 0 Å². The van der Waals surface area contributed by atoms with Crippen LogP contribution in [0.15, 0.2) is 0 Å². The summed E-state index contributed by atoms with van der Waals surface area (Å²) in [5.41, 5.74) is 7.36. The highest BCUT2D eigenvalue weighted by Gasteiger charge is 2.14. The number of aryl methyl sites for hydroxylation is 1. The molecule has 18 heavy (non-hydrogen) atoms. The first-order valence-corrected chi connectivity index (χ1v) is 8.04. The highest BCUT2D eigenvalue weighted by molar-refractivity contribution is 7.90. The molecule has 6 nitrogen and oxygen atoms in total. The molecule has 3 N–H and O–H groups in total. The topological polar surface area (TPSA) is 90.0 Å². The molecule has 0 amide bonds. The van der Waals surface area contributed by atoms with E-state index in [1.807, 2.05) is 25.5 Å². The summed E-state index contributed by atoms with van der Waals surface area (Å²) in [4.78, 5) is 0. The second-order valence-corrected chi connectivity index (χ2v) is 7.06. The van der Waals surface area contributed by atoms with Gasteiger partial charge in [0, 0.05) is 18.8 Å². The van der Waals surface area contributed by atoms with E-state index in [4.69, 9.17) is 5.73 Å². The summed E-state index contributed by atoms with van der Waals surface area (Å²) in [6, 6.07) is 0.207. The first-order chi connectivity index (χ1) is 8.22. The number of nitrogens with one attached hydrogen (secondary N) is 1. The van der Waals surface area contributed by atoms with Crippen LogP contribution in [0.2, 0.25) is 0 Å². The second-order valence-electron chi connectivity index (χ2n) is 4.80. The minimum absolute atomic E-state index is 0.175. The largest absolute Gasteiger partial charge is 0.394 e. The van der Waals surface area contributed by atoms with E-state index in [0.29, 0.717) is 18.7 Å². The molecule has 0 unspecified atom stereocenters. The second kappa shape index (κ2) is 5.60. The lowest BCUT2D eigenvalue weighted by Crippen LogP contribution is -2.14. The van der Waals surface area contributed by atoms with E-state index in [9.17, 15) is 8.42 Å². The molecule has 1 aromatic heterocycles. The number of anilines is 2. The van der Waals surface area contributed by atoms with Crippen molar-refractivity contribution >= 4 is 21.3 Å². The zero-order valence-corrected chi connectivity index (χ0v) is 12.2. The van der Waals surface area contributed by atoms with Crippen LogP contribution in [0.25, 0.3) is 0 Å². The predicted molar refractivity (Wildman–Crippen MR) is 74.6 cm³/mol. The van der Waals surface area contributed by atoms with E-state index in [2.05, 4.69) is 10.4 Å². The summed E-state index contributed by atoms with van der Waals surface area (Å²) < 4.78 is 23.9. The lowest BCUT2D eigenvalue weighted by atomic mass is 10.3. The Labute approximate surface area is 108 Å². The molecular weight excluding hydrogens is 252 g/mol. The molecule has 0 fully saturated rings. The molecule has 0 aliphatic rings. The third-order valence-corrected chi connectivity index (χ3v) is 3.64.